The van der Waals surface area contributed by atoms with Crippen LogP contribution in [0.2, 0.25) is 0 Å². The van der Waals surface area contributed by atoms with Crippen LogP contribution in [-0.4, -0.2) is 4.98 Å². The van der Waals surface area contributed by atoms with Crippen LogP contribution in [0, 0.1) is 13.8 Å². The molecular formula is C11H12BrN3. The number of rotatable bonds is 1. The van der Waals surface area contributed by atoms with Crippen molar-refractivity contribution in [2.45, 2.75) is 13.8 Å². The third-order valence-corrected chi connectivity index (χ3v) is 3.76. The molecular weight excluding hydrogens is 254 g/mol. The van der Waals surface area contributed by atoms with Gasteiger partial charge in [0.25, 0.3) is 0 Å². The van der Waals surface area contributed by atoms with E-state index in [1.807, 2.05) is 12.1 Å². The van der Waals surface area contributed by atoms with Crippen LogP contribution in [0.25, 0.3) is 10.9 Å². The zero-order chi connectivity index (χ0) is 11.0. The SMILES string of the molecule is Cc1cc2nccc(NN)c2c(C)c1Br. The van der Waals surface area contributed by atoms with Crippen molar-refractivity contribution in [1.82, 2.24) is 4.98 Å². The molecule has 3 nitrogen and oxygen atoms in total. The van der Waals surface area contributed by atoms with Crippen molar-refractivity contribution in [2.24, 2.45) is 5.84 Å². The van der Waals surface area contributed by atoms with Gasteiger partial charge in [0.15, 0.2) is 0 Å². The molecule has 0 bridgehead atoms. The number of fused-ring (bicyclic) bond motifs is 1. The predicted molar refractivity (Wildman–Crippen MR) is 66.7 cm³/mol. The number of nitrogen functional groups attached to an aromatic ring is 1. The molecule has 0 unspecified atom stereocenters. The molecule has 0 aliphatic heterocycles. The summed E-state index contributed by atoms with van der Waals surface area (Å²) in [6, 6.07) is 3.92. The molecule has 2 aromatic rings. The summed E-state index contributed by atoms with van der Waals surface area (Å²) in [5, 5.41) is 1.07. The van der Waals surface area contributed by atoms with Crippen molar-refractivity contribution < 1.29 is 0 Å². The van der Waals surface area contributed by atoms with Crippen LogP contribution in [0.1, 0.15) is 11.1 Å². The molecule has 1 aromatic heterocycles. The van der Waals surface area contributed by atoms with E-state index in [1.165, 1.54) is 5.56 Å². The van der Waals surface area contributed by atoms with Crippen molar-refractivity contribution in [3.05, 3.63) is 33.9 Å². The van der Waals surface area contributed by atoms with Gasteiger partial charge in [0.2, 0.25) is 0 Å². The van der Waals surface area contributed by atoms with Gasteiger partial charge in [-0.05, 0) is 37.1 Å². The zero-order valence-electron chi connectivity index (χ0n) is 8.63. The van der Waals surface area contributed by atoms with Crippen LogP contribution in [0.5, 0.6) is 0 Å². The van der Waals surface area contributed by atoms with E-state index < -0.39 is 0 Å². The number of nitrogens with one attached hydrogen (secondary N) is 1. The van der Waals surface area contributed by atoms with Crippen molar-refractivity contribution in [2.75, 3.05) is 5.43 Å². The highest BCUT2D eigenvalue weighted by Gasteiger charge is 2.09. The highest BCUT2D eigenvalue weighted by molar-refractivity contribution is 9.10. The number of hydrogen-bond acceptors (Lipinski definition) is 3. The summed E-state index contributed by atoms with van der Waals surface area (Å²) in [4.78, 5) is 4.34. The Balaban J connectivity index is 2.93. The maximum absolute atomic E-state index is 5.48. The van der Waals surface area contributed by atoms with Gasteiger partial charge in [-0.3, -0.25) is 10.8 Å². The summed E-state index contributed by atoms with van der Waals surface area (Å²) in [7, 11) is 0. The quantitative estimate of drug-likeness (QED) is 0.616. The van der Waals surface area contributed by atoms with Gasteiger partial charge in [-0.1, -0.05) is 15.9 Å². The fourth-order valence-electron chi connectivity index (χ4n) is 1.78. The van der Waals surface area contributed by atoms with Crippen LogP contribution in [-0.2, 0) is 0 Å². The van der Waals surface area contributed by atoms with Crippen LogP contribution in [0.3, 0.4) is 0 Å². The standard InChI is InChI=1S/C11H12BrN3/c1-6-5-9-10(7(2)11(6)12)8(15-13)3-4-14-9/h3-5H,13H2,1-2H3,(H,14,15). The van der Waals surface area contributed by atoms with E-state index in [0.717, 1.165) is 26.6 Å². The number of anilines is 1. The van der Waals surface area contributed by atoms with E-state index in [9.17, 15) is 0 Å². The molecule has 1 heterocycles. The van der Waals surface area contributed by atoms with Gasteiger partial charge in [-0.25, -0.2) is 0 Å². The Morgan fingerprint density at radius 1 is 1.40 bits per heavy atom. The maximum atomic E-state index is 5.48. The lowest BCUT2D eigenvalue weighted by atomic mass is 10.0. The van der Waals surface area contributed by atoms with Gasteiger partial charge in [0.1, 0.15) is 0 Å². The Morgan fingerprint density at radius 2 is 2.13 bits per heavy atom. The Bertz CT molecular complexity index is 523. The first-order chi connectivity index (χ1) is 7.15. The summed E-state index contributed by atoms with van der Waals surface area (Å²) in [6.07, 6.45) is 1.75. The number of nitrogens with two attached hydrogens (primary N) is 1. The number of nitrogens with zero attached hydrogens (tertiary/aromatic N) is 1. The van der Waals surface area contributed by atoms with Gasteiger partial charge < -0.3 is 5.43 Å². The van der Waals surface area contributed by atoms with E-state index in [4.69, 9.17) is 5.84 Å². The minimum atomic E-state index is 0.901. The molecule has 2 rings (SSSR count). The number of aromatic nitrogens is 1. The molecule has 0 saturated carbocycles. The molecule has 0 aliphatic carbocycles. The van der Waals surface area contributed by atoms with E-state index >= 15 is 0 Å². The molecule has 4 heteroatoms. The number of pyridine rings is 1. The molecule has 0 aliphatic rings. The zero-order valence-corrected chi connectivity index (χ0v) is 10.2. The second-order valence-electron chi connectivity index (χ2n) is 3.53. The summed E-state index contributed by atoms with van der Waals surface area (Å²) in [5.74, 6) is 5.48. The lowest BCUT2D eigenvalue weighted by Gasteiger charge is -2.11. The molecule has 0 saturated heterocycles. The van der Waals surface area contributed by atoms with Crippen molar-refractivity contribution in [1.29, 1.82) is 0 Å². The molecule has 78 valence electrons. The number of hydrazine groups is 1. The summed E-state index contributed by atoms with van der Waals surface area (Å²) in [5.41, 5.74) is 6.90. The Labute approximate surface area is 96.8 Å². The molecule has 0 atom stereocenters. The first-order valence-corrected chi connectivity index (χ1v) is 5.45. The Morgan fingerprint density at radius 3 is 2.80 bits per heavy atom. The van der Waals surface area contributed by atoms with Crippen LogP contribution < -0.4 is 11.3 Å². The number of halogens is 1. The molecule has 3 N–H and O–H groups in total. The van der Waals surface area contributed by atoms with Gasteiger partial charge in [0.05, 0.1) is 11.2 Å². The number of hydrogen-bond donors (Lipinski definition) is 2. The third kappa shape index (κ3) is 1.60. The van der Waals surface area contributed by atoms with Gasteiger partial charge in [0, 0.05) is 16.1 Å². The minimum absolute atomic E-state index is 0.901. The second-order valence-corrected chi connectivity index (χ2v) is 4.32. The predicted octanol–water partition coefficient (Wildman–Crippen LogP) is 2.90. The number of benzene rings is 1. The average Bonchev–Trinajstić information content (AvgIpc) is 2.25. The fraction of sp³-hybridized carbons (Fsp3) is 0.182. The number of aryl methyl sites for hydroxylation is 2. The monoisotopic (exact) mass is 265 g/mol. The highest BCUT2D eigenvalue weighted by atomic mass is 79.9. The topological polar surface area (TPSA) is 50.9 Å². The third-order valence-electron chi connectivity index (χ3n) is 2.54. The first-order valence-electron chi connectivity index (χ1n) is 4.66. The molecule has 1 aromatic carbocycles. The van der Waals surface area contributed by atoms with E-state index in [2.05, 4.69) is 40.2 Å². The van der Waals surface area contributed by atoms with E-state index in [0.29, 0.717) is 0 Å². The van der Waals surface area contributed by atoms with Crippen LogP contribution in [0.4, 0.5) is 5.69 Å². The second kappa shape index (κ2) is 3.79. The molecule has 0 amide bonds. The van der Waals surface area contributed by atoms with Crippen LogP contribution in [0.15, 0.2) is 22.8 Å². The van der Waals surface area contributed by atoms with E-state index in [-0.39, 0.29) is 0 Å². The lowest BCUT2D eigenvalue weighted by molar-refractivity contribution is 1.30. The maximum Gasteiger partial charge on any atom is 0.0729 e. The average molecular weight is 266 g/mol. The first kappa shape index (κ1) is 10.4. The van der Waals surface area contributed by atoms with E-state index in [1.54, 1.807) is 6.20 Å². The van der Waals surface area contributed by atoms with Gasteiger partial charge >= 0.3 is 0 Å². The Hall–Kier alpha value is -1.13. The molecule has 0 radical (unpaired) electrons. The van der Waals surface area contributed by atoms with Crippen molar-refractivity contribution >= 4 is 32.5 Å². The highest BCUT2D eigenvalue weighted by Crippen LogP contribution is 2.32. The molecule has 0 spiro atoms. The Kier molecular flexibility index (Phi) is 2.63. The van der Waals surface area contributed by atoms with Crippen LogP contribution >= 0.6 is 15.9 Å². The summed E-state index contributed by atoms with van der Waals surface area (Å²) >= 11 is 3.57. The molecule has 0 fully saturated rings. The lowest BCUT2D eigenvalue weighted by Crippen LogP contribution is -2.08. The summed E-state index contributed by atoms with van der Waals surface area (Å²) < 4.78 is 1.11. The van der Waals surface area contributed by atoms with Crippen molar-refractivity contribution in [3.63, 3.8) is 0 Å². The smallest absolute Gasteiger partial charge is 0.0729 e. The fourth-order valence-corrected chi connectivity index (χ4v) is 2.09. The molecule has 15 heavy (non-hydrogen) atoms. The van der Waals surface area contributed by atoms with Crippen molar-refractivity contribution in [3.8, 4) is 0 Å². The van der Waals surface area contributed by atoms with Gasteiger partial charge in [-0.15, -0.1) is 0 Å². The summed E-state index contributed by atoms with van der Waals surface area (Å²) in [6.45, 7) is 4.11. The minimum Gasteiger partial charge on any atom is -0.323 e. The normalized spacial score (nSPS) is 10.7. The largest absolute Gasteiger partial charge is 0.323 e. The van der Waals surface area contributed by atoms with Gasteiger partial charge in [-0.2, -0.15) is 0 Å².